The Morgan fingerprint density at radius 2 is 2.29 bits per heavy atom. The fourth-order valence-electron chi connectivity index (χ4n) is 1.43. The van der Waals surface area contributed by atoms with Gasteiger partial charge in [0.05, 0.1) is 6.54 Å². The van der Waals surface area contributed by atoms with Crippen LogP contribution in [0.4, 0.5) is 13.6 Å². The Labute approximate surface area is 79.1 Å². The largest absolute Gasteiger partial charge is 0.329 e. The smallest absolute Gasteiger partial charge is 0.318 e. The molecule has 0 aromatic carbocycles. The highest BCUT2D eigenvalue weighted by molar-refractivity contribution is 5.77. The molecule has 2 rings (SSSR count). The first-order valence-corrected chi connectivity index (χ1v) is 4.23. The maximum absolute atomic E-state index is 12.8. The maximum Gasteiger partial charge on any atom is 0.329 e. The van der Waals surface area contributed by atoms with Crippen molar-refractivity contribution >= 4 is 6.03 Å². The first kappa shape index (κ1) is 9.11. The zero-order valence-corrected chi connectivity index (χ0v) is 7.36. The van der Waals surface area contributed by atoms with Gasteiger partial charge in [-0.05, 0) is 0 Å². The second kappa shape index (κ2) is 3.04. The van der Waals surface area contributed by atoms with E-state index in [1.165, 1.54) is 23.3 Å². The summed E-state index contributed by atoms with van der Waals surface area (Å²) in [4.78, 5) is 16.3. The van der Waals surface area contributed by atoms with Gasteiger partial charge in [-0.15, -0.1) is 0 Å². The average Bonchev–Trinajstić information content (AvgIpc) is 2.72. The van der Waals surface area contributed by atoms with E-state index >= 15 is 0 Å². The SMILES string of the molecule is O=C(N1CCC(F)(F)C1)n1ccnc1. The lowest BCUT2D eigenvalue weighted by atomic mass is 10.3. The molecular weight excluding hydrogens is 192 g/mol. The quantitative estimate of drug-likeness (QED) is 0.632. The van der Waals surface area contributed by atoms with Crippen LogP contribution >= 0.6 is 0 Å². The number of rotatable bonds is 0. The first-order valence-electron chi connectivity index (χ1n) is 4.23. The summed E-state index contributed by atoms with van der Waals surface area (Å²) >= 11 is 0. The number of carbonyl (C=O) groups is 1. The van der Waals surface area contributed by atoms with Crippen LogP contribution in [-0.2, 0) is 0 Å². The molecule has 76 valence electrons. The minimum absolute atomic E-state index is 0.101. The molecule has 0 unspecified atom stereocenters. The number of amides is 1. The molecule has 1 amide bonds. The fraction of sp³-hybridized carbons (Fsp3) is 0.500. The molecule has 1 fully saturated rings. The Balaban J connectivity index is 2.08. The zero-order chi connectivity index (χ0) is 10.2. The van der Waals surface area contributed by atoms with E-state index in [-0.39, 0.29) is 13.0 Å². The van der Waals surface area contributed by atoms with Gasteiger partial charge in [-0.25, -0.2) is 18.6 Å². The number of carbonyl (C=O) groups excluding carboxylic acids is 1. The van der Waals surface area contributed by atoms with Gasteiger partial charge < -0.3 is 4.90 Å². The number of imidazole rings is 1. The van der Waals surface area contributed by atoms with Crippen molar-refractivity contribution in [2.45, 2.75) is 12.3 Å². The van der Waals surface area contributed by atoms with Gasteiger partial charge >= 0.3 is 6.03 Å². The van der Waals surface area contributed by atoms with E-state index < -0.39 is 18.5 Å². The Bertz CT molecular complexity index is 336. The molecule has 1 aliphatic heterocycles. The second-order valence-corrected chi connectivity index (χ2v) is 3.28. The Kier molecular flexibility index (Phi) is 1.98. The summed E-state index contributed by atoms with van der Waals surface area (Å²) in [7, 11) is 0. The molecule has 0 atom stereocenters. The van der Waals surface area contributed by atoms with E-state index in [0.29, 0.717) is 0 Å². The fourth-order valence-corrected chi connectivity index (χ4v) is 1.43. The van der Waals surface area contributed by atoms with E-state index in [4.69, 9.17) is 0 Å². The molecule has 1 aromatic heterocycles. The molecule has 0 saturated carbocycles. The molecule has 1 saturated heterocycles. The number of likely N-dealkylation sites (tertiary alicyclic amines) is 1. The monoisotopic (exact) mass is 201 g/mol. The van der Waals surface area contributed by atoms with Crippen molar-refractivity contribution in [1.29, 1.82) is 0 Å². The van der Waals surface area contributed by atoms with Gasteiger partial charge in [0.1, 0.15) is 6.33 Å². The van der Waals surface area contributed by atoms with E-state index in [2.05, 4.69) is 4.98 Å². The van der Waals surface area contributed by atoms with Gasteiger partial charge in [-0.3, -0.25) is 4.57 Å². The summed E-state index contributed by atoms with van der Waals surface area (Å²) in [6.45, 7) is -0.395. The Morgan fingerprint density at radius 3 is 2.79 bits per heavy atom. The minimum atomic E-state index is -2.74. The molecule has 2 heterocycles. The van der Waals surface area contributed by atoms with Gasteiger partial charge in [0.25, 0.3) is 5.92 Å². The van der Waals surface area contributed by atoms with Crippen molar-refractivity contribution in [3.8, 4) is 0 Å². The highest BCUT2D eigenvalue weighted by Gasteiger charge is 2.40. The van der Waals surface area contributed by atoms with Crippen LogP contribution in [0.5, 0.6) is 0 Å². The molecular formula is C8H9F2N3O. The van der Waals surface area contributed by atoms with Crippen LogP contribution < -0.4 is 0 Å². The third-order valence-electron chi connectivity index (χ3n) is 2.17. The number of halogens is 2. The third-order valence-corrected chi connectivity index (χ3v) is 2.17. The number of hydrogen-bond donors (Lipinski definition) is 0. The summed E-state index contributed by atoms with van der Waals surface area (Å²) in [5, 5.41) is 0. The predicted molar refractivity (Wildman–Crippen MR) is 44.2 cm³/mol. The predicted octanol–water partition coefficient (Wildman–Crippen LogP) is 1.19. The molecule has 0 radical (unpaired) electrons. The number of nitrogens with zero attached hydrogens (tertiary/aromatic N) is 3. The summed E-state index contributed by atoms with van der Waals surface area (Å²) in [5.41, 5.74) is 0. The number of alkyl halides is 2. The van der Waals surface area contributed by atoms with Crippen LogP contribution in [0, 0.1) is 0 Å². The minimum Gasteiger partial charge on any atom is -0.318 e. The van der Waals surface area contributed by atoms with Gasteiger partial charge in [0.2, 0.25) is 0 Å². The van der Waals surface area contributed by atoms with Crippen molar-refractivity contribution in [2.75, 3.05) is 13.1 Å². The summed E-state index contributed by atoms with van der Waals surface area (Å²) in [5.74, 6) is -2.74. The normalized spacial score (nSPS) is 20.0. The zero-order valence-electron chi connectivity index (χ0n) is 7.36. The molecule has 0 bridgehead atoms. The topological polar surface area (TPSA) is 38.1 Å². The molecule has 1 aromatic rings. The number of hydrogen-bond acceptors (Lipinski definition) is 2. The highest BCUT2D eigenvalue weighted by atomic mass is 19.3. The molecule has 0 spiro atoms. The van der Waals surface area contributed by atoms with Crippen molar-refractivity contribution in [3.05, 3.63) is 18.7 Å². The average molecular weight is 201 g/mol. The molecule has 6 heteroatoms. The van der Waals surface area contributed by atoms with Crippen LogP contribution in [0.3, 0.4) is 0 Å². The van der Waals surface area contributed by atoms with Gasteiger partial charge in [0, 0.05) is 25.4 Å². The van der Waals surface area contributed by atoms with Crippen LogP contribution in [-0.4, -0.2) is 39.5 Å². The van der Waals surface area contributed by atoms with Gasteiger partial charge in [-0.2, -0.15) is 0 Å². The number of aromatic nitrogens is 2. The van der Waals surface area contributed by atoms with Crippen molar-refractivity contribution in [3.63, 3.8) is 0 Å². The van der Waals surface area contributed by atoms with Crippen molar-refractivity contribution < 1.29 is 13.6 Å². The first-order chi connectivity index (χ1) is 6.58. The lowest BCUT2D eigenvalue weighted by molar-refractivity contribution is 0.0154. The van der Waals surface area contributed by atoms with Gasteiger partial charge in [-0.1, -0.05) is 0 Å². The van der Waals surface area contributed by atoms with Crippen LogP contribution in [0.2, 0.25) is 0 Å². The van der Waals surface area contributed by atoms with E-state index in [1.54, 1.807) is 0 Å². The summed E-state index contributed by atoms with van der Waals surface area (Å²) < 4.78 is 26.8. The lowest BCUT2D eigenvalue weighted by Crippen LogP contribution is -2.34. The van der Waals surface area contributed by atoms with Gasteiger partial charge in [0.15, 0.2) is 0 Å². The molecule has 14 heavy (non-hydrogen) atoms. The Morgan fingerprint density at radius 1 is 1.50 bits per heavy atom. The van der Waals surface area contributed by atoms with E-state index in [9.17, 15) is 13.6 Å². The molecule has 0 aliphatic carbocycles. The van der Waals surface area contributed by atoms with Crippen LogP contribution in [0.1, 0.15) is 6.42 Å². The van der Waals surface area contributed by atoms with Crippen molar-refractivity contribution in [2.24, 2.45) is 0 Å². The Hall–Kier alpha value is -1.46. The highest BCUT2D eigenvalue weighted by Crippen LogP contribution is 2.26. The van der Waals surface area contributed by atoms with E-state index in [0.717, 1.165) is 4.90 Å². The standard InChI is InChI=1S/C8H9F2N3O/c9-8(10)1-3-12(5-8)7(14)13-4-2-11-6-13/h2,4,6H,1,3,5H2. The third kappa shape index (κ3) is 1.59. The maximum atomic E-state index is 12.8. The van der Waals surface area contributed by atoms with Crippen LogP contribution in [0.25, 0.3) is 0 Å². The summed E-state index contributed by atoms with van der Waals surface area (Å²) in [6.07, 6.45) is 3.93. The van der Waals surface area contributed by atoms with Crippen molar-refractivity contribution in [1.82, 2.24) is 14.5 Å². The van der Waals surface area contributed by atoms with Crippen LogP contribution in [0.15, 0.2) is 18.7 Å². The second-order valence-electron chi connectivity index (χ2n) is 3.28. The molecule has 1 aliphatic rings. The molecule has 4 nitrogen and oxygen atoms in total. The van der Waals surface area contributed by atoms with E-state index in [1.807, 2.05) is 0 Å². The lowest BCUT2D eigenvalue weighted by Gasteiger charge is -2.15. The molecule has 0 N–H and O–H groups in total. The summed E-state index contributed by atoms with van der Waals surface area (Å²) in [6, 6.07) is -0.445.